The highest BCUT2D eigenvalue weighted by Gasteiger charge is 2.24. The lowest BCUT2D eigenvalue weighted by Crippen LogP contribution is -2.17. The number of aromatic nitrogens is 2. The molecule has 2 rings (SSSR count). The quantitative estimate of drug-likeness (QED) is 0.853. The van der Waals surface area contributed by atoms with Crippen LogP contribution < -0.4 is 5.73 Å². The average molecular weight is 255 g/mol. The Bertz CT molecular complexity index is 540. The van der Waals surface area contributed by atoms with Crippen molar-refractivity contribution in [3.8, 4) is 0 Å². The highest BCUT2D eigenvalue weighted by atomic mass is 32.2. The zero-order valence-electron chi connectivity index (χ0n) is 10.1. The van der Waals surface area contributed by atoms with Gasteiger partial charge in [0, 0.05) is 17.5 Å². The number of rotatable bonds is 2. The van der Waals surface area contributed by atoms with Crippen LogP contribution in [-0.4, -0.2) is 24.6 Å². The zero-order chi connectivity index (χ0) is 12.6. The number of nitrogens with zero attached hydrogens (tertiary/aromatic N) is 2. The van der Waals surface area contributed by atoms with E-state index in [2.05, 4.69) is 9.97 Å². The first-order valence-electron chi connectivity index (χ1n) is 5.73. The van der Waals surface area contributed by atoms with E-state index in [1.807, 2.05) is 0 Å². The SMILES string of the molecule is CC(c1nc(N)c2c(n1)CCCC2)S(C)(=O)=O. The van der Waals surface area contributed by atoms with Crippen LogP contribution in [-0.2, 0) is 22.7 Å². The van der Waals surface area contributed by atoms with Crippen LogP contribution >= 0.6 is 0 Å². The first-order valence-corrected chi connectivity index (χ1v) is 7.69. The number of hydrogen-bond acceptors (Lipinski definition) is 5. The van der Waals surface area contributed by atoms with Crippen LogP contribution in [0.1, 0.15) is 42.1 Å². The van der Waals surface area contributed by atoms with E-state index in [9.17, 15) is 8.42 Å². The summed E-state index contributed by atoms with van der Waals surface area (Å²) in [6.07, 6.45) is 5.13. The van der Waals surface area contributed by atoms with Crippen molar-refractivity contribution in [2.75, 3.05) is 12.0 Å². The molecular weight excluding hydrogens is 238 g/mol. The van der Waals surface area contributed by atoms with E-state index in [1.165, 1.54) is 6.26 Å². The van der Waals surface area contributed by atoms with E-state index >= 15 is 0 Å². The van der Waals surface area contributed by atoms with Crippen molar-refractivity contribution in [1.82, 2.24) is 9.97 Å². The normalized spacial score (nSPS) is 17.5. The minimum atomic E-state index is -3.18. The number of aryl methyl sites for hydroxylation is 1. The fraction of sp³-hybridized carbons (Fsp3) is 0.636. The molecule has 2 N–H and O–H groups in total. The predicted octanol–water partition coefficient (Wildman–Crippen LogP) is 1.04. The maximum Gasteiger partial charge on any atom is 0.157 e. The van der Waals surface area contributed by atoms with Crippen molar-refractivity contribution in [3.63, 3.8) is 0 Å². The van der Waals surface area contributed by atoms with Crippen LogP contribution in [0.3, 0.4) is 0 Å². The van der Waals surface area contributed by atoms with Crippen LogP contribution in [0.4, 0.5) is 5.82 Å². The second-order valence-corrected chi connectivity index (χ2v) is 6.94. The summed E-state index contributed by atoms with van der Waals surface area (Å²) in [6, 6.07) is 0. The van der Waals surface area contributed by atoms with Gasteiger partial charge in [-0.15, -0.1) is 0 Å². The summed E-state index contributed by atoms with van der Waals surface area (Å²) in [5.74, 6) is 0.769. The van der Waals surface area contributed by atoms with Crippen LogP contribution in [0.5, 0.6) is 0 Å². The summed E-state index contributed by atoms with van der Waals surface area (Å²) >= 11 is 0. The molecule has 0 radical (unpaired) electrons. The molecule has 1 aromatic rings. The van der Waals surface area contributed by atoms with Gasteiger partial charge in [0.15, 0.2) is 9.84 Å². The molecule has 94 valence electrons. The zero-order valence-corrected chi connectivity index (χ0v) is 10.9. The van der Waals surface area contributed by atoms with Crippen molar-refractivity contribution >= 4 is 15.7 Å². The van der Waals surface area contributed by atoms with Gasteiger partial charge in [-0.3, -0.25) is 0 Å². The van der Waals surface area contributed by atoms with E-state index in [1.54, 1.807) is 6.92 Å². The van der Waals surface area contributed by atoms with E-state index in [4.69, 9.17) is 5.73 Å². The van der Waals surface area contributed by atoms with E-state index < -0.39 is 15.1 Å². The van der Waals surface area contributed by atoms with Gasteiger partial charge in [0.2, 0.25) is 0 Å². The highest BCUT2D eigenvalue weighted by Crippen LogP contribution is 2.26. The minimum Gasteiger partial charge on any atom is -0.383 e. The molecule has 1 heterocycles. The van der Waals surface area contributed by atoms with Crippen molar-refractivity contribution in [2.45, 2.75) is 37.9 Å². The van der Waals surface area contributed by atoms with Gasteiger partial charge < -0.3 is 5.73 Å². The van der Waals surface area contributed by atoms with Gasteiger partial charge in [0.1, 0.15) is 16.9 Å². The third-order valence-corrected chi connectivity index (χ3v) is 4.73. The van der Waals surface area contributed by atoms with Crippen LogP contribution in [0.2, 0.25) is 0 Å². The molecule has 0 saturated heterocycles. The Balaban J connectivity index is 2.48. The number of fused-ring (bicyclic) bond motifs is 1. The Morgan fingerprint density at radius 1 is 1.24 bits per heavy atom. The Morgan fingerprint density at radius 2 is 1.88 bits per heavy atom. The molecule has 1 unspecified atom stereocenters. The smallest absolute Gasteiger partial charge is 0.157 e. The molecule has 0 saturated carbocycles. The van der Waals surface area contributed by atoms with Gasteiger partial charge in [-0.05, 0) is 32.6 Å². The summed E-state index contributed by atoms with van der Waals surface area (Å²) < 4.78 is 23.0. The molecule has 17 heavy (non-hydrogen) atoms. The number of nitrogen functional groups attached to an aromatic ring is 1. The molecule has 1 aromatic heterocycles. The van der Waals surface area contributed by atoms with Crippen LogP contribution in [0.25, 0.3) is 0 Å². The molecule has 0 fully saturated rings. The topological polar surface area (TPSA) is 85.9 Å². The number of hydrogen-bond donors (Lipinski definition) is 1. The van der Waals surface area contributed by atoms with Gasteiger partial charge in [-0.1, -0.05) is 0 Å². The maximum atomic E-state index is 11.5. The first-order chi connectivity index (χ1) is 7.89. The summed E-state index contributed by atoms with van der Waals surface area (Å²) in [4.78, 5) is 8.51. The van der Waals surface area contributed by atoms with Gasteiger partial charge in [0.25, 0.3) is 0 Å². The second-order valence-electron chi connectivity index (χ2n) is 4.57. The Labute approximate surface area is 101 Å². The predicted molar refractivity (Wildman–Crippen MR) is 66.3 cm³/mol. The highest BCUT2D eigenvalue weighted by molar-refractivity contribution is 7.90. The largest absolute Gasteiger partial charge is 0.383 e. The average Bonchev–Trinajstić information content (AvgIpc) is 2.27. The third kappa shape index (κ3) is 2.41. The fourth-order valence-electron chi connectivity index (χ4n) is 2.02. The lowest BCUT2D eigenvalue weighted by molar-refractivity contribution is 0.587. The number of anilines is 1. The molecule has 6 heteroatoms. The van der Waals surface area contributed by atoms with Gasteiger partial charge in [0.05, 0.1) is 0 Å². The molecule has 0 spiro atoms. The summed E-state index contributed by atoms with van der Waals surface area (Å²) in [5.41, 5.74) is 7.80. The number of nitrogens with two attached hydrogens (primary N) is 1. The molecule has 1 aliphatic rings. The van der Waals surface area contributed by atoms with Crippen LogP contribution in [0.15, 0.2) is 0 Å². The molecular formula is C11H17N3O2S. The van der Waals surface area contributed by atoms with E-state index in [0.717, 1.165) is 36.9 Å². The Hall–Kier alpha value is -1.17. The van der Waals surface area contributed by atoms with Crippen molar-refractivity contribution in [3.05, 3.63) is 17.1 Å². The van der Waals surface area contributed by atoms with Crippen molar-refractivity contribution in [2.24, 2.45) is 0 Å². The van der Waals surface area contributed by atoms with Crippen molar-refractivity contribution < 1.29 is 8.42 Å². The van der Waals surface area contributed by atoms with E-state index in [0.29, 0.717) is 11.6 Å². The molecule has 1 atom stereocenters. The molecule has 0 aliphatic heterocycles. The Morgan fingerprint density at radius 3 is 2.53 bits per heavy atom. The van der Waals surface area contributed by atoms with E-state index in [-0.39, 0.29) is 0 Å². The summed E-state index contributed by atoms with van der Waals surface area (Å²) in [6.45, 7) is 1.60. The molecule has 5 nitrogen and oxygen atoms in total. The lowest BCUT2D eigenvalue weighted by atomic mass is 9.96. The first kappa shape index (κ1) is 12.3. The second kappa shape index (κ2) is 4.25. The monoisotopic (exact) mass is 255 g/mol. The van der Waals surface area contributed by atoms with Crippen molar-refractivity contribution in [1.29, 1.82) is 0 Å². The molecule has 0 bridgehead atoms. The molecule has 0 aromatic carbocycles. The molecule has 1 aliphatic carbocycles. The minimum absolute atomic E-state index is 0.325. The van der Waals surface area contributed by atoms with Gasteiger partial charge in [-0.2, -0.15) is 0 Å². The van der Waals surface area contributed by atoms with Gasteiger partial charge >= 0.3 is 0 Å². The van der Waals surface area contributed by atoms with Crippen LogP contribution in [0, 0.1) is 0 Å². The number of sulfone groups is 1. The summed E-state index contributed by atoms with van der Waals surface area (Å²) in [7, 11) is -3.18. The van der Waals surface area contributed by atoms with Gasteiger partial charge in [-0.25, -0.2) is 18.4 Å². The summed E-state index contributed by atoms with van der Waals surface area (Å²) in [5, 5.41) is -0.697. The fourth-order valence-corrected chi connectivity index (χ4v) is 2.50. The molecule has 0 amide bonds. The third-order valence-electron chi connectivity index (χ3n) is 3.24. The maximum absolute atomic E-state index is 11.5. The lowest BCUT2D eigenvalue weighted by Gasteiger charge is -2.18. The standard InChI is InChI=1S/C11H17N3O2S/c1-7(17(2,15)16)11-13-9-6-4-3-5-8(9)10(12)14-11/h7H,3-6H2,1-2H3,(H2,12,13,14). The Kier molecular flexibility index (Phi) is 3.07.